The Morgan fingerprint density at radius 3 is 2.46 bits per heavy atom. The fourth-order valence-corrected chi connectivity index (χ4v) is 3.46. The van der Waals surface area contributed by atoms with Crippen LogP contribution >= 0.6 is 0 Å². The second kappa shape index (κ2) is 8.39. The number of hydrogen-bond acceptors (Lipinski definition) is 4. The highest BCUT2D eigenvalue weighted by Gasteiger charge is 2.49. The molecule has 1 amide bonds. The van der Waals surface area contributed by atoms with Crippen molar-refractivity contribution in [2.24, 2.45) is 0 Å². The molecule has 1 aliphatic heterocycles. The molecule has 2 rings (SSSR count). The van der Waals surface area contributed by atoms with Gasteiger partial charge in [-0.2, -0.15) is 0 Å². The van der Waals surface area contributed by atoms with Crippen molar-refractivity contribution in [3.05, 3.63) is 48.6 Å². The minimum Gasteiger partial charge on any atom is -0.464 e. The molecule has 1 heterocycles. The quantitative estimate of drug-likeness (QED) is 0.581. The zero-order chi connectivity index (χ0) is 19.3. The number of esters is 1. The third-order valence-electron chi connectivity index (χ3n) is 4.40. The zero-order valence-corrected chi connectivity index (χ0v) is 16.1. The lowest BCUT2D eigenvalue weighted by atomic mass is 9.90. The summed E-state index contributed by atoms with van der Waals surface area (Å²) in [5.74, 6) is -0.522. The summed E-state index contributed by atoms with van der Waals surface area (Å²) in [6.07, 6.45) is 2.55. The van der Waals surface area contributed by atoms with Gasteiger partial charge in [-0.3, -0.25) is 4.90 Å². The molecule has 1 aromatic rings. The van der Waals surface area contributed by atoms with E-state index < -0.39 is 23.7 Å². The number of amides is 1. The molecule has 1 fully saturated rings. The highest BCUT2D eigenvalue weighted by atomic mass is 16.6. The van der Waals surface area contributed by atoms with Crippen LogP contribution in [-0.2, 0) is 14.3 Å². The van der Waals surface area contributed by atoms with Crippen molar-refractivity contribution >= 4 is 12.1 Å². The minimum atomic E-state index is -0.697. The predicted molar refractivity (Wildman–Crippen MR) is 101 cm³/mol. The lowest BCUT2D eigenvalue weighted by Crippen LogP contribution is -2.48. The first kappa shape index (κ1) is 20.0. The lowest BCUT2D eigenvalue weighted by Gasteiger charge is -2.32. The van der Waals surface area contributed by atoms with E-state index in [-0.39, 0.29) is 18.6 Å². The largest absolute Gasteiger partial charge is 0.464 e. The van der Waals surface area contributed by atoms with E-state index in [4.69, 9.17) is 9.47 Å². The number of ether oxygens (including phenoxy) is 2. The average Bonchev–Trinajstić information content (AvgIpc) is 2.94. The van der Waals surface area contributed by atoms with Crippen molar-refractivity contribution in [3.8, 4) is 0 Å². The van der Waals surface area contributed by atoms with E-state index in [1.54, 1.807) is 17.9 Å². The van der Waals surface area contributed by atoms with Crippen LogP contribution in [0.2, 0.25) is 0 Å². The van der Waals surface area contributed by atoms with E-state index in [9.17, 15) is 9.59 Å². The molecule has 1 saturated heterocycles. The number of likely N-dealkylation sites (tertiary alicyclic amines) is 1. The molecule has 1 aromatic carbocycles. The Kier molecular flexibility index (Phi) is 6.46. The number of hydrogen-bond donors (Lipinski definition) is 0. The third kappa shape index (κ3) is 4.65. The second-order valence-corrected chi connectivity index (χ2v) is 7.52. The number of benzene rings is 1. The summed E-state index contributed by atoms with van der Waals surface area (Å²) in [5, 5.41) is 0. The van der Waals surface area contributed by atoms with Gasteiger partial charge in [0.25, 0.3) is 0 Å². The normalized spacial score (nSPS) is 22.8. The van der Waals surface area contributed by atoms with Gasteiger partial charge in [-0.25, -0.2) is 9.59 Å². The smallest absolute Gasteiger partial charge is 0.411 e. The van der Waals surface area contributed by atoms with Gasteiger partial charge in [-0.05, 0) is 46.1 Å². The highest BCUT2D eigenvalue weighted by molar-refractivity contribution is 5.84. The predicted octanol–water partition coefficient (Wildman–Crippen LogP) is 4.29. The Morgan fingerprint density at radius 1 is 1.27 bits per heavy atom. The molecule has 0 N–H and O–H groups in total. The van der Waals surface area contributed by atoms with Crippen molar-refractivity contribution in [2.75, 3.05) is 6.61 Å². The van der Waals surface area contributed by atoms with Crippen molar-refractivity contribution in [1.82, 2.24) is 4.90 Å². The first-order chi connectivity index (χ1) is 12.3. The highest BCUT2D eigenvalue weighted by Crippen LogP contribution is 2.40. The second-order valence-electron chi connectivity index (χ2n) is 7.52. The van der Waals surface area contributed by atoms with Crippen LogP contribution in [0.3, 0.4) is 0 Å². The molecule has 0 aliphatic carbocycles. The van der Waals surface area contributed by atoms with E-state index in [2.05, 4.69) is 6.58 Å². The summed E-state index contributed by atoms with van der Waals surface area (Å²) in [6.45, 7) is 11.3. The Morgan fingerprint density at radius 2 is 1.92 bits per heavy atom. The van der Waals surface area contributed by atoms with Crippen LogP contribution in [-0.4, -0.2) is 41.3 Å². The molecular formula is C21H29NO4. The molecule has 0 saturated carbocycles. The van der Waals surface area contributed by atoms with Gasteiger partial charge < -0.3 is 9.47 Å². The summed E-state index contributed by atoms with van der Waals surface area (Å²) < 4.78 is 10.9. The van der Waals surface area contributed by atoms with E-state index in [0.717, 1.165) is 5.56 Å². The van der Waals surface area contributed by atoms with Gasteiger partial charge >= 0.3 is 12.1 Å². The summed E-state index contributed by atoms with van der Waals surface area (Å²) in [7, 11) is 0. The third-order valence-corrected chi connectivity index (χ3v) is 4.40. The van der Waals surface area contributed by atoms with E-state index >= 15 is 0 Å². The van der Waals surface area contributed by atoms with Crippen molar-refractivity contribution in [1.29, 1.82) is 0 Å². The molecule has 1 aliphatic rings. The van der Waals surface area contributed by atoms with Gasteiger partial charge in [0.05, 0.1) is 6.61 Å². The van der Waals surface area contributed by atoms with E-state index in [1.165, 1.54) is 0 Å². The van der Waals surface area contributed by atoms with Crippen molar-refractivity contribution in [2.45, 2.75) is 64.1 Å². The van der Waals surface area contributed by atoms with Crippen molar-refractivity contribution in [3.63, 3.8) is 0 Å². The molecule has 0 unspecified atom stereocenters. The Bertz CT molecular complexity index is 635. The lowest BCUT2D eigenvalue weighted by molar-refractivity contribution is -0.149. The van der Waals surface area contributed by atoms with Crippen LogP contribution in [0.5, 0.6) is 0 Å². The molecule has 0 aromatic heterocycles. The molecule has 5 heteroatoms. The maximum Gasteiger partial charge on any atom is 0.411 e. The Labute approximate surface area is 156 Å². The minimum absolute atomic E-state index is 0.132. The molecule has 3 atom stereocenters. The number of rotatable bonds is 5. The molecule has 0 radical (unpaired) electrons. The van der Waals surface area contributed by atoms with Gasteiger partial charge in [-0.15, -0.1) is 6.58 Å². The molecule has 0 spiro atoms. The van der Waals surface area contributed by atoms with Gasteiger partial charge in [0.15, 0.2) is 0 Å². The molecule has 5 nitrogen and oxygen atoms in total. The maximum absolute atomic E-state index is 12.9. The van der Waals surface area contributed by atoms with Crippen LogP contribution < -0.4 is 0 Å². The van der Waals surface area contributed by atoms with Gasteiger partial charge in [-0.1, -0.05) is 36.4 Å². The average molecular weight is 359 g/mol. The van der Waals surface area contributed by atoms with Crippen LogP contribution in [0.1, 0.15) is 52.0 Å². The number of carbonyl (C=O) groups is 2. The Hall–Kier alpha value is -2.30. The first-order valence-corrected chi connectivity index (χ1v) is 9.12. The molecule has 142 valence electrons. The number of nitrogens with zero attached hydrogens (tertiary/aromatic N) is 1. The SMILES string of the molecule is C=CC[C@H]1C[C@H](c2ccccc2)[C@@H](C(=O)OCC)N1C(=O)OC(C)(C)C. The van der Waals surface area contributed by atoms with Crippen molar-refractivity contribution < 1.29 is 19.1 Å². The first-order valence-electron chi connectivity index (χ1n) is 9.12. The molecular weight excluding hydrogens is 330 g/mol. The van der Waals surface area contributed by atoms with E-state index in [1.807, 2.05) is 51.1 Å². The van der Waals surface area contributed by atoms with Crippen LogP contribution in [0.15, 0.2) is 43.0 Å². The molecule has 0 bridgehead atoms. The van der Waals surface area contributed by atoms with Crippen LogP contribution in [0.4, 0.5) is 4.79 Å². The number of carbonyl (C=O) groups excluding carboxylic acids is 2. The van der Waals surface area contributed by atoms with E-state index in [0.29, 0.717) is 12.8 Å². The fraction of sp³-hybridized carbons (Fsp3) is 0.524. The monoisotopic (exact) mass is 359 g/mol. The summed E-state index contributed by atoms with van der Waals surface area (Å²) in [4.78, 5) is 27.2. The molecule has 26 heavy (non-hydrogen) atoms. The van der Waals surface area contributed by atoms with Gasteiger partial charge in [0.1, 0.15) is 11.6 Å². The summed E-state index contributed by atoms with van der Waals surface area (Å²) >= 11 is 0. The summed E-state index contributed by atoms with van der Waals surface area (Å²) in [5.41, 5.74) is 0.380. The topological polar surface area (TPSA) is 55.8 Å². The standard InChI is InChI=1S/C21H29NO4/c1-6-11-16-14-17(15-12-9-8-10-13-15)18(19(23)25-7-2)22(16)20(24)26-21(3,4)5/h6,8-10,12-13,16-18H,1,7,11,14H2,2-5H3/t16-,17+,18-/m0/s1. The van der Waals surface area contributed by atoms with Gasteiger partial charge in [0, 0.05) is 12.0 Å². The Balaban J connectivity index is 2.42. The van der Waals surface area contributed by atoms with Gasteiger partial charge in [0.2, 0.25) is 0 Å². The van der Waals surface area contributed by atoms with Crippen LogP contribution in [0, 0.1) is 0 Å². The summed E-state index contributed by atoms with van der Waals surface area (Å²) in [6, 6.07) is 8.94. The van der Waals surface area contributed by atoms with Crippen LogP contribution in [0.25, 0.3) is 0 Å². The fourth-order valence-electron chi connectivity index (χ4n) is 3.46. The zero-order valence-electron chi connectivity index (χ0n) is 16.1. The maximum atomic E-state index is 12.9.